The van der Waals surface area contributed by atoms with Crippen molar-refractivity contribution in [1.29, 1.82) is 0 Å². The van der Waals surface area contributed by atoms with Gasteiger partial charge in [0, 0.05) is 36.2 Å². The third kappa shape index (κ3) is 3.92. The van der Waals surface area contributed by atoms with Crippen LogP contribution >= 0.6 is 0 Å². The Kier molecular flexibility index (Phi) is 5.59. The number of carbonyl (C=O) groups is 1. The number of phenolic OH excluding ortho intramolecular Hbond substituents is 1. The highest BCUT2D eigenvalue weighted by Crippen LogP contribution is 2.39. The molecule has 1 aromatic heterocycles. The van der Waals surface area contributed by atoms with Crippen molar-refractivity contribution in [2.75, 3.05) is 7.11 Å². The van der Waals surface area contributed by atoms with E-state index in [4.69, 9.17) is 9.84 Å². The van der Waals surface area contributed by atoms with E-state index in [9.17, 15) is 9.90 Å². The molecule has 4 aromatic rings. The van der Waals surface area contributed by atoms with Crippen molar-refractivity contribution >= 4 is 11.6 Å². The molecule has 3 aromatic carbocycles. The van der Waals surface area contributed by atoms with E-state index in [1.54, 1.807) is 19.2 Å². The molecule has 7 heteroatoms. The molecule has 0 saturated heterocycles. The lowest BCUT2D eigenvalue weighted by molar-refractivity contribution is -0.130. The van der Waals surface area contributed by atoms with Crippen LogP contribution in [0.4, 0.5) is 0 Å². The van der Waals surface area contributed by atoms with Crippen molar-refractivity contribution < 1.29 is 14.6 Å². The molecule has 0 saturated carbocycles. The van der Waals surface area contributed by atoms with E-state index < -0.39 is 0 Å². The number of methoxy groups -OCH3 is 1. The summed E-state index contributed by atoms with van der Waals surface area (Å²) in [7, 11) is 1.63. The second-order valence-corrected chi connectivity index (χ2v) is 8.09. The molecule has 0 bridgehead atoms. The summed E-state index contributed by atoms with van der Waals surface area (Å²) in [6, 6.07) is 24.2. The first-order valence-corrected chi connectivity index (χ1v) is 11.0. The smallest absolute Gasteiger partial charge is 0.240 e. The van der Waals surface area contributed by atoms with Crippen molar-refractivity contribution in [3.05, 3.63) is 96.2 Å². The normalized spacial score (nSPS) is 15.3. The predicted molar refractivity (Wildman–Crippen MR) is 130 cm³/mol. The van der Waals surface area contributed by atoms with Gasteiger partial charge in [0.1, 0.15) is 11.5 Å². The van der Waals surface area contributed by atoms with Crippen LogP contribution in [0.15, 0.2) is 90.2 Å². The second kappa shape index (κ2) is 8.86. The van der Waals surface area contributed by atoms with E-state index in [1.165, 1.54) is 11.9 Å². The fraction of sp³-hybridized carbons (Fsp3) is 0.148. The zero-order chi connectivity index (χ0) is 23.7. The Bertz CT molecular complexity index is 1360. The topological polar surface area (TPSA) is 80.0 Å². The fourth-order valence-electron chi connectivity index (χ4n) is 4.24. The summed E-state index contributed by atoms with van der Waals surface area (Å²) in [5.41, 5.74) is 4.74. The Balaban J connectivity index is 1.62. The zero-order valence-corrected chi connectivity index (χ0v) is 18.9. The largest absolute Gasteiger partial charge is 0.507 e. The molecule has 1 atom stereocenters. The van der Waals surface area contributed by atoms with Crippen LogP contribution < -0.4 is 4.74 Å². The Hall–Kier alpha value is -4.39. The van der Waals surface area contributed by atoms with Gasteiger partial charge in [0.05, 0.1) is 30.2 Å². The number of hydrogen-bond donors (Lipinski definition) is 1. The second-order valence-electron chi connectivity index (χ2n) is 8.09. The van der Waals surface area contributed by atoms with E-state index in [-0.39, 0.29) is 17.7 Å². The van der Waals surface area contributed by atoms with Crippen LogP contribution in [-0.4, -0.2) is 38.6 Å². The predicted octanol–water partition coefficient (Wildman–Crippen LogP) is 4.95. The summed E-state index contributed by atoms with van der Waals surface area (Å²) in [5.74, 6) is 0.716. The summed E-state index contributed by atoms with van der Waals surface area (Å²) >= 11 is 0. The van der Waals surface area contributed by atoms with Gasteiger partial charge in [0.2, 0.25) is 5.91 Å². The first-order chi connectivity index (χ1) is 16.5. The van der Waals surface area contributed by atoms with Gasteiger partial charge in [0.25, 0.3) is 0 Å². The number of aromatic nitrogens is 2. The molecular formula is C27H24N4O3. The number of aromatic hydroxyl groups is 1. The quantitative estimate of drug-likeness (QED) is 0.465. The Labute approximate surface area is 197 Å². The van der Waals surface area contributed by atoms with Crippen molar-refractivity contribution in [2.45, 2.75) is 19.4 Å². The molecule has 34 heavy (non-hydrogen) atoms. The van der Waals surface area contributed by atoms with E-state index in [2.05, 4.69) is 5.10 Å². The van der Waals surface area contributed by atoms with Gasteiger partial charge in [-0.05, 0) is 48.5 Å². The third-order valence-corrected chi connectivity index (χ3v) is 5.93. The molecule has 0 fully saturated rings. The number of ether oxygens (including phenoxy) is 1. The van der Waals surface area contributed by atoms with Gasteiger partial charge in [-0.15, -0.1) is 0 Å². The summed E-state index contributed by atoms with van der Waals surface area (Å²) in [6.45, 7) is 1.50. The molecule has 1 aliphatic heterocycles. The van der Waals surface area contributed by atoms with Crippen molar-refractivity contribution in [2.24, 2.45) is 5.10 Å². The molecule has 1 N–H and O–H groups in total. The number of para-hydroxylation sites is 2. The number of carbonyl (C=O) groups excluding carboxylic acids is 1. The van der Waals surface area contributed by atoms with Crippen molar-refractivity contribution in [3.8, 4) is 28.4 Å². The number of rotatable bonds is 5. The molecular weight excluding hydrogens is 428 g/mol. The maximum absolute atomic E-state index is 12.6. The van der Waals surface area contributed by atoms with Gasteiger partial charge in [-0.1, -0.05) is 30.3 Å². The first-order valence-electron chi connectivity index (χ1n) is 11.0. The Morgan fingerprint density at radius 1 is 1.00 bits per heavy atom. The number of hydrazone groups is 1. The molecule has 1 aliphatic rings. The minimum atomic E-state index is -0.360. The number of benzene rings is 3. The van der Waals surface area contributed by atoms with Gasteiger partial charge in [-0.25, -0.2) is 9.69 Å². The third-order valence-electron chi connectivity index (χ3n) is 5.93. The minimum absolute atomic E-state index is 0.140. The molecule has 7 nitrogen and oxygen atoms in total. The van der Waals surface area contributed by atoms with Crippen LogP contribution in [0.25, 0.3) is 16.9 Å². The lowest BCUT2D eigenvalue weighted by Crippen LogP contribution is -2.24. The molecule has 170 valence electrons. The van der Waals surface area contributed by atoms with Gasteiger partial charge < -0.3 is 9.84 Å². The van der Waals surface area contributed by atoms with Crippen LogP contribution in [0.5, 0.6) is 11.5 Å². The molecule has 5 rings (SSSR count). The van der Waals surface area contributed by atoms with Gasteiger partial charge in [-0.2, -0.15) is 10.2 Å². The zero-order valence-electron chi connectivity index (χ0n) is 18.9. The van der Waals surface area contributed by atoms with Crippen LogP contribution in [0.3, 0.4) is 0 Å². The van der Waals surface area contributed by atoms with Crippen molar-refractivity contribution in [1.82, 2.24) is 14.8 Å². The summed E-state index contributed by atoms with van der Waals surface area (Å²) in [5, 5.41) is 21.4. The summed E-state index contributed by atoms with van der Waals surface area (Å²) in [6.07, 6.45) is 2.42. The Morgan fingerprint density at radius 3 is 2.38 bits per heavy atom. The number of hydrogen-bond acceptors (Lipinski definition) is 5. The van der Waals surface area contributed by atoms with Gasteiger partial charge >= 0.3 is 0 Å². The highest BCUT2D eigenvalue weighted by atomic mass is 16.5. The highest BCUT2D eigenvalue weighted by molar-refractivity contribution is 6.05. The minimum Gasteiger partial charge on any atom is -0.507 e. The lowest BCUT2D eigenvalue weighted by atomic mass is 9.96. The van der Waals surface area contributed by atoms with Crippen LogP contribution in [0, 0.1) is 0 Å². The van der Waals surface area contributed by atoms with E-state index >= 15 is 0 Å². The van der Waals surface area contributed by atoms with Crippen LogP contribution in [-0.2, 0) is 4.79 Å². The monoisotopic (exact) mass is 452 g/mol. The Morgan fingerprint density at radius 2 is 1.71 bits per heavy atom. The average Bonchev–Trinajstić information content (AvgIpc) is 3.50. The maximum atomic E-state index is 12.6. The average molecular weight is 453 g/mol. The van der Waals surface area contributed by atoms with Gasteiger partial charge in [0.15, 0.2) is 0 Å². The summed E-state index contributed by atoms with van der Waals surface area (Å²) < 4.78 is 7.14. The molecule has 1 amide bonds. The lowest BCUT2D eigenvalue weighted by Gasteiger charge is -2.20. The van der Waals surface area contributed by atoms with Crippen LogP contribution in [0.1, 0.15) is 30.5 Å². The molecule has 2 heterocycles. The summed E-state index contributed by atoms with van der Waals surface area (Å²) in [4.78, 5) is 12.6. The number of nitrogens with zero attached hydrogens (tertiary/aromatic N) is 4. The molecule has 0 radical (unpaired) electrons. The van der Waals surface area contributed by atoms with E-state index in [1.807, 2.05) is 77.6 Å². The number of phenols is 1. The SMILES string of the molecule is COc1ccc(-c2nn(-c3ccccc3)cc2[C@H]2CC(c3ccccc3O)=NN2C(C)=O)cc1. The standard InChI is InChI=1S/C27H24N4O3/c1-18(32)31-25(16-24(28-31)22-10-6-7-11-26(22)33)23-17-30(20-8-4-3-5-9-20)29-27(23)19-12-14-21(34-2)15-13-19/h3-15,17,25,33H,16H2,1-2H3/t25-/m1/s1. The molecule has 0 aliphatic carbocycles. The number of amides is 1. The molecule has 0 spiro atoms. The van der Waals surface area contributed by atoms with E-state index in [0.29, 0.717) is 17.7 Å². The van der Waals surface area contributed by atoms with Gasteiger partial charge in [-0.3, -0.25) is 4.79 Å². The van der Waals surface area contributed by atoms with Crippen molar-refractivity contribution in [3.63, 3.8) is 0 Å². The fourth-order valence-corrected chi connectivity index (χ4v) is 4.24. The van der Waals surface area contributed by atoms with Crippen LogP contribution in [0.2, 0.25) is 0 Å². The first kappa shape index (κ1) is 21.5. The maximum Gasteiger partial charge on any atom is 0.240 e. The molecule has 0 unspecified atom stereocenters. The van der Waals surface area contributed by atoms with E-state index in [0.717, 1.165) is 28.3 Å². The highest BCUT2D eigenvalue weighted by Gasteiger charge is 2.35.